The predicted molar refractivity (Wildman–Crippen MR) is 109 cm³/mol. The number of aromatic nitrogens is 2. The highest BCUT2D eigenvalue weighted by molar-refractivity contribution is 7.99. The molecule has 1 atom stereocenters. The van der Waals surface area contributed by atoms with Gasteiger partial charge in [0.05, 0.1) is 35.4 Å². The maximum absolute atomic E-state index is 14.3. The van der Waals surface area contributed by atoms with E-state index in [4.69, 9.17) is 14.7 Å². The first kappa shape index (κ1) is 18.5. The minimum atomic E-state index is -0.295. The molecule has 0 radical (unpaired) electrons. The molecule has 0 bridgehead atoms. The predicted octanol–water partition coefficient (Wildman–Crippen LogP) is 3.90. The highest BCUT2D eigenvalue weighted by atomic mass is 32.2. The lowest BCUT2D eigenvalue weighted by Crippen LogP contribution is -2.44. The zero-order chi connectivity index (χ0) is 19.0. The molecular formula is C20H25FN4OS. The van der Waals surface area contributed by atoms with E-state index in [0.29, 0.717) is 30.3 Å². The summed E-state index contributed by atoms with van der Waals surface area (Å²) in [4.78, 5) is 11.9. The van der Waals surface area contributed by atoms with Gasteiger partial charge in [0.1, 0.15) is 11.6 Å². The third-order valence-corrected chi connectivity index (χ3v) is 6.83. The Morgan fingerprint density at radius 2 is 2.11 bits per heavy atom. The highest BCUT2D eigenvalue weighted by Crippen LogP contribution is 2.55. The number of halogens is 1. The molecule has 1 saturated carbocycles. The Labute approximate surface area is 163 Å². The van der Waals surface area contributed by atoms with Gasteiger partial charge in [-0.3, -0.25) is 0 Å². The normalized spacial score (nSPS) is 21.2. The lowest BCUT2D eigenvalue weighted by molar-refractivity contribution is 0.0985. The molecule has 1 aliphatic carbocycles. The highest BCUT2D eigenvalue weighted by Gasteiger charge is 2.45. The largest absolute Gasteiger partial charge is 0.386 e. The van der Waals surface area contributed by atoms with Crippen molar-refractivity contribution in [3.63, 3.8) is 0 Å². The van der Waals surface area contributed by atoms with Gasteiger partial charge < -0.3 is 15.0 Å². The van der Waals surface area contributed by atoms with Crippen LogP contribution < -0.4 is 10.2 Å². The molecule has 1 saturated heterocycles. The second kappa shape index (κ2) is 7.28. The number of hydrogen-bond acceptors (Lipinski definition) is 6. The maximum atomic E-state index is 14.3. The van der Waals surface area contributed by atoms with Crippen LogP contribution in [0.3, 0.4) is 0 Å². The van der Waals surface area contributed by atoms with Crippen LogP contribution in [0.25, 0.3) is 11.4 Å². The average Bonchev–Trinajstić information content (AvgIpc) is 3.49. The third-order valence-electron chi connectivity index (χ3n) is 5.43. The van der Waals surface area contributed by atoms with Gasteiger partial charge in [-0.05, 0) is 44.2 Å². The summed E-state index contributed by atoms with van der Waals surface area (Å²) >= 11 is 1.84. The van der Waals surface area contributed by atoms with E-state index in [1.165, 1.54) is 6.07 Å². The zero-order valence-corrected chi connectivity index (χ0v) is 16.8. The van der Waals surface area contributed by atoms with Crippen LogP contribution in [0.5, 0.6) is 0 Å². The number of ether oxygens (including phenoxy) is 1. The van der Waals surface area contributed by atoms with Crippen molar-refractivity contribution >= 4 is 23.3 Å². The number of nitrogens with zero attached hydrogens (tertiary/aromatic N) is 3. The van der Waals surface area contributed by atoms with Gasteiger partial charge in [0, 0.05) is 25.2 Å². The Morgan fingerprint density at radius 3 is 2.74 bits per heavy atom. The first-order valence-electron chi connectivity index (χ1n) is 9.33. The standard InChI is InChI=1S/C20H25FN4OS/c1-13-12-26-9-8-25(13)18-11-17(20(27-3)6-7-20)23-19(24-18)14-4-5-16(22-2)15(21)10-14/h4-5,10-11,13,22H,6-9,12H2,1-3H3. The van der Waals surface area contributed by atoms with Crippen molar-refractivity contribution < 1.29 is 9.13 Å². The van der Waals surface area contributed by atoms with Gasteiger partial charge in [0.2, 0.25) is 0 Å². The molecule has 0 amide bonds. The molecule has 1 aromatic heterocycles. The molecule has 1 unspecified atom stereocenters. The Kier molecular flexibility index (Phi) is 4.99. The summed E-state index contributed by atoms with van der Waals surface area (Å²) in [6.07, 6.45) is 4.37. The van der Waals surface area contributed by atoms with Crippen LogP contribution in [0, 0.1) is 5.82 Å². The molecule has 2 aromatic rings. The maximum Gasteiger partial charge on any atom is 0.161 e. The second-order valence-electron chi connectivity index (χ2n) is 7.20. The average molecular weight is 389 g/mol. The number of thioether (sulfide) groups is 1. The molecule has 7 heteroatoms. The lowest BCUT2D eigenvalue weighted by atomic mass is 10.1. The van der Waals surface area contributed by atoms with E-state index in [1.54, 1.807) is 13.1 Å². The summed E-state index contributed by atoms with van der Waals surface area (Å²) in [5, 5.41) is 2.86. The zero-order valence-electron chi connectivity index (χ0n) is 16.0. The van der Waals surface area contributed by atoms with Crippen LogP contribution >= 0.6 is 11.8 Å². The van der Waals surface area contributed by atoms with Crippen molar-refractivity contribution in [3.8, 4) is 11.4 Å². The van der Waals surface area contributed by atoms with Gasteiger partial charge in [-0.25, -0.2) is 14.4 Å². The molecule has 5 nitrogen and oxygen atoms in total. The van der Waals surface area contributed by atoms with Crippen molar-refractivity contribution in [2.75, 3.05) is 43.3 Å². The lowest BCUT2D eigenvalue weighted by Gasteiger charge is -2.34. The molecule has 2 heterocycles. The van der Waals surface area contributed by atoms with Crippen molar-refractivity contribution in [3.05, 3.63) is 35.8 Å². The first-order chi connectivity index (χ1) is 13.1. The van der Waals surface area contributed by atoms with Crippen molar-refractivity contribution in [2.45, 2.75) is 30.6 Å². The summed E-state index contributed by atoms with van der Waals surface area (Å²) < 4.78 is 20.0. The van der Waals surface area contributed by atoms with Gasteiger partial charge in [0.15, 0.2) is 5.82 Å². The van der Waals surface area contributed by atoms with Crippen LogP contribution in [-0.2, 0) is 9.48 Å². The van der Waals surface area contributed by atoms with Crippen LogP contribution in [-0.4, -0.2) is 49.1 Å². The van der Waals surface area contributed by atoms with Gasteiger partial charge in [-0.2, -0.15) is 11.8 Å². The smallest absolute Gasteiger partial charge is 0.161 e. The first-order valence-corrected chi connectivity index (χ1v) is 10.6. The van der Waals surface area contributed by atoms with Gasteiger partial charge in [-0.1, -0.05) is 0 Å². The minimum absolute atomic E-state index is 0.0748. The molecule has 1 N–H and O–H groups in total. The molecule has 1 aromatic carbocycles. The van der Waals surface area contributed by atoms with E-state index in [2.05, 4.69) is 29.5 Å². The minimum Gasteiger partial charge on any atom is -0.386 e. The monoisotopic (exact) mass is 388 g/mol. The second-order valence-corrected chi connectivity index (χ2v) is 8.39. The van der Waals surface area contributed by atoms with Crippen LogP contribution in [0.4, 0.5) is 15.9 Å². The van der Waals surface area contributed by atoms with Crippen LogP contribution in [0.15, 0.2) is 24.3 Å². The fourth-order valence-electron chi connectivity index (χ4n) is 3.55. The number of benzene rings is 1. The number of nitrogens with one attached hydrogen (secondary N) is 1. The van der Waals surface area contributed by atoms with Crippen molar-refractivity contribution in [2.24, 2.45) is 0 Å². The quantitative estimate of drug-likeness (QED) is 0.838. The molecule has 27 heavy (non-hydrogen) atoms. The van der Waals surface area contributed by atoms with E-state index < -0.39 is 0 Å². The molecule has 2 aliphatic rings. The molecule has 2 fully saturated rings. The third kappa shape index (κ3) is 3.50. The molecule has 4 rings (SSSR count). The molecule has 0 spiro atoms. The Morgan fingerprint density at radius 1 is 1.30 bits per heavy atom. The topological polar surface area (TPSA) is 50.3 Å². The summed E-state index contributed by atoms with van der Waals surface area (Å²) in [5.74, 6) is 1.20. The van der Waals surface area contributed by atoms with Crippen molar-refractivity contribution in [1.82, 2.24) is 9.97 Å². The van der Waals surface area contributed by atoms with Crippen LogP contribution in [0.2, 0.25) is 0 Å². The van der Waals surface area contributed by atoms with Crippen LogP contribution in [0.1, 0.15) is 25.5 Å². The summed E-state index contributed by atoms with van der Waals surface area (Å²) in [6, 6.07) is 7.49. The number of hydrogen-bond donors (Lipinski definition) is 1. The fourth-order valence-corrected chi connectivity index (χ4v) is 4.37. The number of anilines is 2. The number of morpholine rings is 1. The van der Waals surface area contributed by atoms with Gasteiger partial charge >= 0.3 is 0 Å². The molecular weight excluding hydrogens is 363 g/mol. The Balaban J connectivity index is 1.80. The molecule has 144 valence electrons. The fraction of sp³-hybridized carbons (Fsp3) is 0.500. The van der Waals surface area contributed by atoms with E-state index in [1.807, 2.05) is 17.8 Å². The van der Waals surface area contributed by atoms with Gasteiger partial charge in [-0.15, -0.1) is 0 Å². The SMILES string of the molecule is CNc1ccc(-c2nc(N3CCOCC3C)cc(C3(SC)CC3)n2)cc1F. The number of rotatable bonds is 5. The summed E-state index contributed by atoms with van der Waals surface area (Å²) in [6.45, 7) is 4.33. The Bertz CT molecular complexity index is 843. The Hall–Kier alpha value is -1.86. The van der Waals surface area contributed by atoms with E-state index in [9.17, 15) is 4.39 Å². The van der Waals surface area contributed by atoms with E-state index in [-0.39, 0.29) is 16.6 Å². The van der Waals surface area contributed by atoms with Gasteiger partial charge in [0.25, 0.3) is 0 Å². The van der Waals surface area contributed by atoms with E-state index in [0.717, 1.165) is 30.9 Å². The summed E-state index contributed by atoms with van der Waals surface area (Å²) in [5.41, 5.74) is 2.22. The molecule has 1 aliphatic heterocycles. The summed E-state index contributed by atoms with van der Waals surface area (Å²) in [7, 11) is 1.71. The van der Waals surface area contributed by atoms with E-state index >= 15 is 0 Å². The van der Waals surface area contributed by atoms with Crippen molar-refractivity contribution in [1.29, 1.82) is 0 Å².